The number of ether oxygens (including phenoxy) is 2. The van der Waals surface area contributed by atoms with Crippen molar-refractivity contribution in [2.75, 3.05) is 18.6 Å². The second-order valence-corrected chi connectivity index (χ2v) is 8.38. The SMILES string of the molecule is COc1ccc(C(=O)N2c3cc(CNC(=O)COc4ccc(Cl)cc4)ccc3C[C@@H]2C)cc1. The molecule has 0 unspecified atom stereocenters. The van der Waals surface area contributed by atoms with E-state index in [0.717, 1.165) is 23.2 Å². The lowest BCUT2D eigenvalue weighted by Crippen LogP contribution is -2.35. The number of hydrogen-bond acceptors (Lipinski definition) is 4. The third-order valence-electron chi connectivity index (χ3n) is 5.59. The average Bonchev–Trinajstić information content (AvgIpc) is 3.16. The fraction of sp³-hybridized carbons (Fsp3) is 0.231. The molecule has 33 heavy (non-hydrogen) atoms. The molecule has 1 N–H and O–H groups in total. The van der Waals surface area contributed by atoms with Gasteiger partial charge in [-0.15, -0.1) is 0 Å². The standard InChI is InChI=1S/C26H25ClN2O4/c1-17-13-20-4-3-18(15-28-25(30)16-33-23-11-7-21(27)8-12-23)14-24(20)29(17)26(31)19-5-9-22(32-2)10-6-19/h3-12,14,17H,13,15-16H2,1-2H3,(H,28,30)/t17-/m0/s1. The Morgan fingerprint density at radius 1 is 1.03 bits per heavy atom. The third-order valence-corrected chi connectivity index (χ3v) is 5.85. The summed E-state index contributed by atoms with van der Waals surface area (Å²) in [5.41, 5.74) is 3.52. The van der Waals surface area contributed by atoms with Crippen molar-refractivity contribution in [2.45, 2.75) is 25.9 Å². The minimum atomic E-state index is -0.231. The normalized spacial score (nSPS) is 14.5. The van der Waals surface area contributed by atoms with Gasteiger partial charge in [0.15, 0.2) is 6.61 Å². The molecule has 0 radical (unpaired) electrons. The molecule has 6 nitrogen and oxygen atoms in total. The number of carbonyl (C=O) groups is 2. The highest BCUT2D eigenvalue weighted by Crippen LogP contribution is 2.34. The Hall–Kier alpha value is -3.51. The highest BCUT2D eigenvalue weighted by atomic mass is 35.5. The van der Waals surface area contributed by atoms with Crippen LogP contribution in [0.15, 0.2) is 66.7 Å². The van der Waals surface area contributed by atoms with Gasteiger partial charge >= 0.3 is 0 Å². The molecule has 170 valence electrons. The summed E-state index contributed by atoms with van der Waals surface area (Å²) >= 11 is 5.85. The van der Waals surface area contributed by atoms with Crippen LogP contribution in [0.1, 0.15) is 28.4 Å². The lowest BCUT2D eigenvalue weighted by Gasteiger charge is -2.23. The van der Waals surface area contributed by atoms with Gasteiger partial charge in [0, 0.05) is 28.9 Å². The molecule has 7 heteroatoms. The fourth-order valence-corrected chi connectivity index (χ4v) is 4.00. The van der Waals surface area contributed by atoms with Crippen LogP contribution in [0.2, 0.25) is 5.02 Å². The molecule has 0 bridgehead atoms. The number of fused-ring (bicyclic) bond motifs is 1. The van der Waals surface area contributed by atoms with Gasteiger partial charge < -0.3 is 19.7 Å². The van der Waals surface area contributed by atoms with Gasteiger partial charge in [-0.3, -0.25) is 9.59 Å². The van der Waals surface area contributed by atoms with Crippen LogP contribution in [0, 0.1) is 0 Å². The first-order chi connectivity index (χ1) is 15.9. The Morgan fingerprint density at radius 2 is 1.73 bits per heavy atom. The summed E-state index contributed by atoms with van der Waals surface area (Å²) in [5.74, 6) is 1.000. The largest absolute Gasteiger partial charge is 0.497 e. The molecule has 3 aromatic rings. The van der Waals surface area contributed by atoms with E-state index in [1.807, 2.05) is 30.0 Å². The van der Waals surface area contributed by atoms with Gasteiger partial charge in [0.2, 0.25) is 0 Å². The molecule has 4 rings (SSSR count). The molecule has 1 aliphatic rings. The van der Waals surface area contributed by atoms with Gasteiger partial charge in [-0.25, -0.2) is 0 Å². The zero-order chi connectivity index (χ0) is 23.4. The molecule has 0 saturated carbocycles. The Balaban J connectivity index is 1.40. The van der Waals surface area contributed by atoms with E-state index < -0.39 is 0 Å². The second kappa shape index (κ2) is 9.96. The number of nitrogens with one attached hydrogen (secondary N) is 1. The van der Waals surface area contributed by atoms with Crippen molar-refractivity contribution < 1.29 is 19.1 Å². The molecule has 0 fully saturated rings. The van der Waals surface area contributed by atoms with Crippen molar-refractivity contribution in [1.82, 2.24) is 5.32 Å². The van der Waals surface area contributed by atoms with Crippen molar-refractivity contribution in [3.05, 3.63) is 88.4 Å². The quantitative estimate of drug-likeness (QED) is 0.553. The smallest absolute Gasteiger partial charge is 0.258 e. The molecular weight excluding hydrogens is 440 g/mol. The van der Waals surface area contributed by atoms with Crippen molar-refractivity contribution >= 4 is 29.1 Å². The predicted octanol–water partition coefficient (Wildman–Crippen LogP) is 4.64. The van der Waals surface area contributed by atoms with Crippen molar-refractivity contribution in [2.24, 2.45) is 0 Å². The summed E-state index contributed by atoms with van der Waals surface area (Å²) in [6.07, 6.45) is 0.790. The summed E-state index contributed by atoms with van der Waals surface area (Å²) in [4.78, 5) is 27.3. The first-order valence-corrected chi connectivity index (χ1v) is 11.1. The van der Waals surface area contributed by atoms with Gasteiger partial charge in [0.1, 0.15) is 11.5 Å². The minimum absolute atomic E-state index is 0.0484. The van der Waals surface area contributed by atoms with Gasteiger partial charge in [-0.2, -0.15) is 0 Å². The summed E-state index contributed by atoms with van der Waals surface area (Å²) in [6.45, 7) is 2.29. The zero-order valence-corrected chi connectivity index (χ0v) is 19.3. The van der Waals surface area contributed by atoms with Crippen LogP contribution in [-0.4, -0.2) is 31.6 Å². The van der Waals surface area contributed by atoms with Crippen LogP contribution >= 0.6 is 11.6 Å². The Kier molecular flexibility index (Phi) is 6.84. The molecule has 2 amide bonds. The number of nitrogens with zero attached hydrogens (tertiary/aromatic N) is 1. The number of amides is 2. The number of halogens is 1. The summed E-state index contributed by atoms with van der Waals surface area (Å²) in [6, 6.07) is 20.0. The molecule has 0 aromatic heterocycles. The van der Waals surface area contributed by atoms with Crippen molar-refractivity contribution in [3.8, 4) is 11.5 Å². The van der Waals surface area contributed by atoms with Crippen LogP contribution in [0.4, 0.5) is 5.69 Å². The Morgan fingerprint density at radius 3 is 2.42 bits per heavy atom. The molecule has 0 spiro atoms. The van der Waals surface area contributed by atoms with Gasteiger partial charge in [-0.1, -0.05) is 23.7 Å². The summed E-state index contributed by atoms with van der Waals surface area (Å²) < 4.78 is 10.7. The second-order valence-electron chi connectivity index (χ2n) is 7.94. The van der Waals surface area contributed by atoms with Gasteiger partial charge in [-0.05, 0) is 79.1 Å². The summed E-state index contributed by atoms with van der Waals surface area (Å²) in [7, 11) is 1.60. The van der Waals surface area contributed by atoms with Gasteiger partial charge in [0.05, 0.1) is 7.11 Å². The molecule has 0 aliphatic carbocycles. The average molecular weight is 465 g/mol. The monoisotopic (exact) mass is 464 g/mol. The van der Waals surface area contributed by atoms with Crippen molar-refractivity contribution in [1.29, 1.82) is 0 Å². The number of rotatable bonds is 7. The number of benzene rings is 3. The molecule has 1 atom stereocenters. The van der Waals surface area contributed by atoms with E-state index in [0.29, 0.717) is 28.6 Å². The minimum Gasteiger partial charge on any atom is -0.497 e. The number of anilines is 1. The van der Waals surface area contributed by atoms with Crippen molar-refractivity contribution in [3.63, 3.8) is 0 Å². The Labute approximate surface area is 198 Å². The fourth-order valence-electron chi connectivity index (χ4n) is 3.88. The molecule has 0 saturated heterocycles. The first-order valence-electron chi connectivity index (χ1n) is 10.7. The number of carbonyl (C=O) groups excluding carboxylic acids is 2. The van der Waals surface area contributed by atoms with E-state index >= 15 is 0 Å². The van der Waals surface area contributed by atoms with Crippen LogP contribution in [0.25, 0.3) is 0 Å². The summed E-state index contributed by atoms with van der Waals surface area (Å²) in [5, 5.41) is 3.47. The van der Waals surface area contributed by atoms with Crippen LogP contribution in [-0.2, 0) is 17.8 Å². The predicted molar refractivity (Wildman–Crippen MR) is 128 cm³/mol. The van der Waals surface area contributed by atoms with Crippen LogP contribution in [0.3, 0.4) is 0 Å². The molecule has 1 aliphatic heterocycles. The molecule has 1 heterocycles. The third kappa shape index (κ3) is 5.29. The van der Waals surface area contributed by atoms with E-state index in [9.17, 15) is 9.59 Å². The van der Waals surface area contributed by atoms with E-state index in [4.69, 9.17) is 21.1 Å². The topological polar surface area (TPSA) is 67.9 Å². The lowest BCUT2D eigenvalue weighted by molar-refractivity contribution is -0.123. The molecule has 3 aromatic carbocycles. The first kappa shape index (κ1) is 22.7. The maximum atomic E-state index is 13.2. The number of methoxy groups -OCH3 is 1. The number of hydrogen-bond donors (Lipinski definition) is 1. The molecular formula is C26H25ClN2O4. The maximum absolute atomic E-state index is 13.2. The lowest BCUT2D eigenvalue weighted by atomic mass is 10.1. The van der Waals surface area contributed by atoms with E-state index in [2.05, 4.69) is 5.32 Å². The van der Waals surface area contributed by atoms with Crippen LogP contribution < -0.4 is 19.7 Å². The maximum Gasteiger partial charge on any atom is 0.258 e. The Bertz CT molecular complexity index is 1150. The van der Waals surface area contributed by atoms with Crippen LogP contribution in [0.5, 0.6) is 11.5 Å². The van der Waals surface area contributed by atoms with E-state index in [1.165, 1.54) is 0 Å². The van der Waals surface area contributed by atoms with E-state index in [-0.39, 0.29) is 24.5 Å². The van der Waals surface area contributed by atoms with Gasteiger partial charge in [0.25, 0.3) is 11.8 Å². The van der Waals surface area contributed by atoms with E-state index in [1.54, 1.807) is 55.6 Å². The highest BCUT2D eigenvalue weighted by molar-refractivity contribution is 6.30. The highest BCUT2D eigenvalue weighted by Gasteiger charge is 2.31. The zero-order valence-electron chi connectivity index (χ0n) is 18.5.